The van der Waals surface area contributed by atoms with Gasteiger partial charge in [0.25, 0.3) is 0 Å². The van der Waals surface area contributed by atoms with Crippen molar-refractivity contribution < 1.29 is 0 Å². The van der Waals surface area contributed by atoms with Crippen molar-refractivity contribution in [1.82, 2.24) is 10.3 Å². The largest absolute Gasteiger partial charge is 0.294 e. The molecule has 0 aliphatic rings. The van der Waals surface area contributed by atoms with Crippen LogP contribution in [0.25, 0.3) is 0 Å². The monoisotopic (exact) mass is 209 g/mol. The minimum absolute atomic E-state index is 0.269. The molecule has 0 aliphatic heterocycles. The second-order valence-electron chi connectivity index (χ2n) is 3.33. The molecule has 0 radical (unpaired) electrons. The number of aromatic nitrogens is 1. The van der Waals surface area contributed by atoms with Gasteiger partial charge in [-0.3, -0.25) is 5.32 Å². The fourth-order valence-electron chi connectivity index (χ4n) is 1.10. The Morgan fingerprint density at radius 2 is 2.43 bits per heavy atom. The van der Waals surface area contributed by atoms with Gasteiger partial charge in [0, 0.05) is 11.4 Å². The van der Waals surface area contributed by atoms with Crippen molar-refractivity contribution >= 4 is 11.3 Å². The molecule has 1 aromatic heterocycles. The van der Waals surface area contributed by atoms with Crippen LogP contribution in [0.4, 0.5) is 0 Å². The lowest BCUT2D eigenvalue weighted by Crippen LogP contribution is -2.29. The van der Waals surface area contributed by atoms with E-state index < -0.39 is 0 Å². The van der Waals surface area contributed by atoms with E-state index in [2.05, 4.69) is 30.2 Å². The zero-order chi connectivity index (χ0) is 10.6. The van der Waals surface area contributed by atoms with Gasteiger partial charge in [0.05, 0.1) is 16.8 Å². The van der Waals surface area contributed by atoms with Gasteiger partial charge in [0.1, 0.15) is 6.04 Å². The lowest BCUT2D eigenvalue weighted by atomic mass is 10.2. The van der Waals surface area contributed by atoms with Crippen LogP contribution in [0, 0.1) is 18.3 Å². The third-order valence-electron chi connectivity index (χ3n) is 2.13. The number of nitriles is 1. The number of nitrogens with zero attached hydrogens (tertiary/aromatic N) is 2. The summed E-state index contributed by atoms with van der Waals surface area (Å²) >= 11 is 1.58. The molecule has 2 unspecified atom stereocenters. The van der Waals surface area contributed by atoms with Crippen molar-refractivity contribution in [1.29, 1.82) is 5.26 Å². The first-order chi connectivity index (χ1) is 6.67. The van der Waals surface area contributed by atoms with E-state index >= 15 is 0 Å². The van der Waals surface area contributed by atoms with E-state index in [0.29, 0.717) is 6.04 Å². The van der Waals surface area contributed by atoms with Gasteiger partial charge in [-0.15, -0.1) is 11.3 Å². The van der Waals surface area contributed by atoms with Gasteiger partial charge in [-0.05, 0) is 20.3 Å². The third-order valence-corrected chi connectivity index (χ3v) is 2.92. The Morgan fingerprint density at radius 1 is 1.71 bits per heavy atom. The summed E-state index contributed by atoms with van der Waals surface area (Å²) < 4.78 is 0. The van der Waals surface area contributed by atoms with Gasteiger partial charge in [0.2, 0.25) is 0 Å². The van der Waals surface area contributed by atoms with Crippen molar-refractivity contribution in [3.05, 3.63) is 16.1 Å². The molecule has 4 heteroatoms. The van der Waals surface area contributed by atoms with Crippen LogP contribution < -0.4 is 5.32 Å². The molecule has 1 heterocycles. The van der Waals surface area contributed by atoms with Gasteiger partial charge in [-0.2, -0.15) is 5.26 Å². The fraction of sp³-hybridized carbons (Fsp3) is 0.600. The molecule has 0 fully saturated rings. The van der Waals surface area contributed by atoms with E-state index in [0.717, 1.165) is 17.1 Å². The van der Waals surface area contributed by atoms with Crippen molar-refractivity contribution in [2.24, 2.45) is 0 Å². The van der Waals surface area contributed by atoms with Crippen molar-refractivity contribution in [3.8, 4) is 6.07 Å². The summed E-state index contributed by atoms with van der Waals surface area (Å²) in [7, 11) is 0. The Bertz CT molecular complexity index is 326. The molecule has 1 rings (SSSR count). The zero-order valence-electron chi connectivity index (χ0n) is 8.74. The van der Waals surface area contributed by atoms with Crippen LogP contribution in [0.3, 0.4) is 0 Å². The van der Waals surface area contributed by atoms with Crippen LogP contribution in [-0.2, 0) is 0 Å². The molecule has 1 N–H and O–H groups in total. The summed E-state index contributed by atoms with van der Waals surface area (Å²) in [6.07, 6.45) is 1.02. The number of nitrogens with one attached hydrogen (secondary N) is 1. The van der Waals surface area contributed by atoms with E-state index in [1.165, 1.54) is 0 Å². The van der Waals surface area contributed by atoms with Crippen LogP contribution in [-0.4, -0.2) is 11.0 Å². The molecular weight excluding hydrogens is 194 g/mol. The Balaban J connectivity index is 2.69. The molecule has 0 saturated carbocycles. The van der Waals surface area contributed by atoms with Crippen molar-refractivity contribution in [2.75, 3.05) is 0 Å². The molecule has 3 nitrogen and oxygen atoms in total. The van der Waals surface area contributed by atoms with Gasteiger partial charge >= 0.3 is 0 Å². The molecule has 0 amide bonds. The predicted molar refractivity (Wildman–Crippen MR) is 58.1 cm³/mol. The molecule has 0 saturated heterocycles. The zero-order valence-corrected chi connectivity index (χ0v) is 9.56. The lowest BCUT2D eigenvalue weighted by molar-refractivity contribution is 0.496. The molecule has 0 spiro atoms. The highest BCUT2D eigenvalue weighted by Crippen LogP contribution is 2.16. The molecule has 1 aromatic rings. The van der Waals surface area contributed by atoms with E-state index in [-0.39, 0.29) is 6.04 Å². The van der Waals surface area contributed by atoms with E-state index in [1.54, 1.807) is 11.3 Å². The van der Waals surface area contributed by atoms with Crippen molar-refractivity contribution in [3.63, 3.8) is 0 Å². The number of rotatable bonds is 4. The SMILES string of the molecule is CCC(C)NC(C#N)c1csc(C)n1. The Morgan fingerprint density at radius 3 is 2.86 bits per heavy atom. The predicted octanol–water partition coefficient (Wildman–Crippen LogP) is 2.40. The fourth-order valence-corrected chi connectivity index (χ4v) is 1.74. The summed E-state index contributed by atoms with van der Waals surface area (Å²) in [6, 6.07) is 2.31. The number of hydrogen-bond donors (Lipinski definition) is 1. The first-order valence-corrected chi connectivity index (χ1v) is 5.63. The molecule has 0 aliphatic carbocycles. The second-order valence-corrected chi connectivity index (χ2v) is 4.39. The second kappa shape index (κ2) is 5.08. The molecule has 76 valence electrons. The highest BCUT2D eigenvalue weighted by Gasteiger charge is 2.14. The molecular formula is C10H15N3S. The maximum Gasteiger partial charge on any atom is 0.139 e. The molecule has 2 atom stereocenters. The summed E-state index contributed by atoms with van der Waals surface area (Å²) in [5.41, 5.74) is 0.843. The number of hydrogen-bond acceptors (Lipinski definition) is 4. The van der Waals surface area contributed by atoms with Gasteiger partial charge in [0.15, 0.2) is 0 Å². The Kier molecular flexibility index (Phi) is 4.05. The average molecular weight is 209 g/mol. The number of thiazole rings is 1. The molecule has 0 bridgehead atoms. The van der Waals surface area contributed by atoms with E-state index in [1.807, 2.05) is 12.3 Å². The normalized spacial score (nSPS) is 14.7. The quantitative estimate of drug-likeness (QED) is 0.828. The topological polar surface area (TPSA) is 48.7 Å². The van der Waals surface area contributed by atoms with Crippen molar-refractivity contribution in [2.45, 2.75) is 39.3 Å². The molecule has 14 heavy (non-hydrogen) atoms. The van der Waals surface area contributed by atoms with Crippen LogP contribution in [0.15, 0.2) is 5.38 Å². The lowest BCUT2D eigenvalue weighted by Gasteiger charge is -2.14. The minimum atomic E-state index is -0.269. The smallest absolute Gasteiger partial charge is 0.139 e. The maximum atomic E-state index is 8.99. The third kappa shape index (κ3) is 2.79. The Labute approximate surface area is 88.8 Å². The molecule has 0 aromatic carbocycles. The van der Waals surface area contributed by atoms with E-state index in [9.17, 15) is 0 Å². The van der Waals surface area contributed by atoms with E-state index in [4.69, 9.17) is 5.26 Å². The summed E-state index contributed by atoms with van der Waals surface area (Å²) in [5, 5.41) is 15.2. The summed E-state index contributed by atoms with van der Waals surface area (Å²) in [5.74, 6) is 0. The first-order valence-electron chi connectivity index (χ1n) is 4.75. The minimum Gasteiger partial charge on any atom is -0.294 e. The maximum absolute atomic E-state index is 8.99. The van der Waals surface area contributed by atoms with Crippen LogP contribution in [0.5, 0.6) is 0 Å². The highest BCUT2D eigenvalue weighted by atomic mass is 32.1. The first kappa shape index (κ1) is 11.2. The average Bonchev–Trinajstić information content (AvgIpc) is 2.60. The highest BCUT2D eigenvalue weighted by molar-refractivity contribution is 7.09. The Hall–Kier alpha value is -0.920. The van der Waals surface area contributed by atoms with Gasteiger partial charge in [-0.25, -0.2) is 4.98 Å². The van der Waals surface area contributed by atoms with Crippen LogP contribution in [0.1, 0.15) is 37.0 Å². The van der Waals surface area contributed by atoms with Gasteiger partial charge in [-0.1, -0.05) is 6.92 Å². The number of aryl methyl sites for hydroxylation is 1. The summed E-state index contributed by atoms with van der Waals surface area (Å²) in [6.45, 7) is 6.12. The van der Waals surface area contributed by atoms with Crippen LogP contribution in [0.2, 0.25) is 0 Å². The summed E-state index contributed by atoms with van der Waals surface area (Å²) in [4.78, 5) is 4.30. The van der Waals surface area contributed by atoms with Gasteiger partial charge < -0.3 is 0 Å². The standard InChI is InChI=1S/C10H15N3S/c1-4-7(2)12-9(5-11)10-6-14-8(3)13-10/h6-7,9,12H,4H2,1-3H3. The van der Waals surface area contributed by atoms with Crippen LogP contribution >= 0.6 is 11.3 Å².